The molecule has 1 rings (SSSR count). The molecule has 0 aliphatic heterocycles. The zero-order chi connectivity index (χ0) is 10.6. The number of ether oxygens (including phenoxy) is 1. The second kappa shape index (κ2) is 4.89. The SMILES string of the molecule is Cc1ccc(OCCC(C)C)c(N)c1. The van der Waals surface area contributed by atoms with E-state index in [1.54, 1.807) is 0 Å². The van der Waals surface area contributed by atoms with Gasteiger partial charge in [-0.2, -0.15) is 0 Å². The lowest BCUT2D eigenvalue weighted by atomic mass is 10.1. The molecule has 2 N–H and O–H groups in total. The molecule has 78 valence electrons. The van der Waals surface area contributed by atoms with Gasteiger partial charge < -0.3 is 10.5 Å². The number of nitrogens with two attached hydrogens (primary N) is 1. The molecule has 0 bridgehead atoms. The van der Waals surface area contributed by atoms with Crippen molar-refractivity contribution in [3.05, 3.63) is 23.8 Å². The second-order valence-electron chi connectivity index (χ2n) is 4.07. The Morgan fingerprint density at radius 2 is 2.07 bits per heavy atom. The van der Waals surface area contributed by atoms with Crippen LogP contribution in [0.3, 0.4) is 0 Å². The first kappa shape index (κ1) is 10.9. The van der Waals surface area contributed by atoms with Crippen LogP contribution in [0.5, 0.6) is 5.75 Å². The van der Waals surface area contributed by atoms with E-state index in [9.17, 15) is 0 Å². The Morgan fingerprint density at radius 1 is 1.36 bits per heavy atom. The van der Waals surface area contributed by atoms with Crippen LogP contribution in [-0.2, 0) is 0 Å². The Morgan fingerprint density at radius 3 is 2.64 bits per heavy atom. The molecule has 0 saturated carbocycles. The Balaban J connectivity index is 2.51. The average molecular weight is 193 g/mol. The summed E-state index contributed by atoms with van der Waals surface area (Å²) in [5.41, 5.74) is 7.71. The summed E-state index contributed by atoms with van der Waals surface area (Å²) in [6, 6.07) is 5.89. The third kappa shape index (κ3) is 3.29. The maximum Gasteiger partial charge on any atom is 0.142 e. The van der Waals surface area contributed by atoms with Crippen molar-refractivity contribution in [2.45, 2.75) is 27.2 Å². The van der Waals surface area contributed by atoms with E-state index in [2.05, 4.69) is 13.8 Å². The maximum atomic E-state index is 5.81. The first-order valence-corrected chi connectivity index (χ1v) is 5.08. The smallest absolute Gasteiger partial charge is 0.142 e. The van der Waals surface area contributed by atoms with E-state index < -0.39 is 0 Å². The van der Waals surface area contributed by atoms with Gasteiger partial charge in [0.1, 0.15) is 5.75 Å². The highest BCUT2D eigenvalue weighted by molar-refractivity contribution is 5.53. The fraction of sp³-hybridized carbons (Fsp3) is 0.500. The second-order valence-corrected chi connectivity index (χ2v) is 4.07. The maximum absolute atomic E-state index is 5.81. The van der Waals surface area contributed by atoms with Crippen molar-refractivity contribution < 1.29 is 4.74 Å². The number of aryl methyl sites for hydroxylation is 1. The number of rotatable bonds is 4. The van der Waals surface area contributed by atoms with E-state index in [1.807, 2.05) is 25.1 Å². The van der Waals surface area contributed by atoms with Gasteiger partial charge >= 0.3 is 0 Å². The largest absolute Gasteiger partial charge is 0.491 e. The standard InChI is InChI=1S/C12H19NO/c1-9(2)6-7-14-12-5-4-10(3)8-11(12)13/h4-5,8-9H,6-7,13H2,1-3H3. The summed E-state index contributed by atoms with van der Waals surface area (Å²) in [5, 5.41) is 0. The quantitative estimate of drug-likeness (QED) is 0.746. The summed E-state index contributed by atoms with van der Waals surface area (Å²) in [7, 11) is 0. The van der Waals surface area contributed by atoms with Crippen LogP contribution in [0.1, 0.15) is 25.8 Å². The van der Waals surface area contributed by atoms with Crippen LogP contribution in [0.4, 0.5) is 5.69 Å². The van der Waals surface area contributed by atoms with Gasteiger partial charge in [-0.3, -0.25) is 0 Å². The van der Waals surface area contributed by atoms with Crippen LogP contribution in [-0.4, -0.2) is 6.61 Å². The van der Waals surface area contributed by atoms with E-state index in [-0.39, 0.29) is 0 Å². The van der Waals surface area contributed by atoms with E-state index >= 15 is 0 Å². The molecular formula is C12H19NO. The predicted octanol–water partition coefficient (Wildman–Crippen LogP) is 3.00. The molecule has 0 amide bonds. The van der Waals surface area contributed by atoms with Crippen LogP contribution in [0, 0.1) is 12.8 Å². The molecule has 0 atom stereocenters. The lowest BCUT2D eigenvalue weighted by Crippen LogP contribution is -2.03. The van der Waals surface area contributed by atoms with Crippen molar-refractivity contribution in [1.82, 2.24) is 0 Å². The minimum absolute atomic E-state index is 0.668. The summed E-state index contributed by atoms with van der Waals surface area (Å²) < 4.78 is 5.58. The molecule has 0 saturated heterocycles. The molecule has 1 aromatic carbocycles. The van der Waals surface area contributed by atoms with Gasteiger partial charge in [0, 0.05) is 0 Å². The minimum Gasteiger partial charge on any atom is -0.491 e. The number of nitrogen functional groups attached to an aromatic ring is 1. The monoisotopic (exact) mass is 193 g/mol. The molecule has 0 aliphatic rings. The fourth-order valence-electron chi connectivity index (χ4n) is 1.20. The van der Waals surface area contributed by atoms with E-state index in [4.69, 9.17) is 10.5 Å². The average Bonchev–Trinajstić information content (AvgIpc) is 2.08. The predicted molar refractivity (Wildman–Crippen MR) is 60.5 cm³/mol. The summed E-state index contributed by atoms with van der Waals surface area (Å²) in [6.45, 7) is 7.13. The minimum atomic E-state index is 0.668. The topological polar surface area (TPSA) is 35.2 Å². The molecule has 1 aromatic rings. The number of hydrogen-bond acceptors (Lipinski definition) is 2. The van der Waals surface area contributed by atoms with Crippen molar-refractivity contribution >= 4 is 5.69 Å². The third-order valence-corrected chi connectivity index (χ3v) is 2.12. The van der Waals surface area contributed by atoms with Crippen LogP contribution >= 0.6 is 0 Å². The summed E-state index contributed by atoms with van der Waals surface area (Å²) in [6.07, 6.45) is 1.06. The van der Waals surface area contributed by atoms with Gasteiger partial charge in [-0.05, 0) is 37.0 Å². The van der Waals surface area contributed by atoms with E-state index in [1.165, 1.54) is 5.56 Å². The molecule has 0 radical (unpaired) electrons. The number of benzene rings is 1. The van der Waals surface area contributed by atoms with Crippen LogP contribution < -0.4 is 10.5 Å². The molecule has 0 spiro atoms. The van der Waals surface area contributed by atoms with Crippen LogP contribution in [0.15, 0.2) is 18.2 Å². The van der Waals surface area contributed by atoms with Crippen molar-refractivity contribution in [3.63, 3.8) is 0 Å². The Hall–Kier alpha value is -1.18. The van der Waals surface area contributed by atoms with Crippen molar-refractivity contribution in [2.24, 2.45) is 5.92 Å². The Labute approximate surface area is 86.1 Å². The van der Waals surface area contributed by atoms with Gasteiger partial charge in [0.2, 0.25) is 0 Å². The highest BCUT2D eigenvalue weighted by atomic mass is 16.5. The zero-order valence-corrected chi connectivity index (χ0v) is 9.21. The molecule has 0 fully saturated rings. The number of anilines is 1. The Kier molecular flexibility index (Phi) is 3.81. The van der Waals surface area contributed by atoms with E-state index in [0.717, 1.165) is 24.5 Å². The summed E-state index contributed by atoms with van der Waals surface area (Å²) in [4.78, 5) is 0. The van der Waals surface area contributed by atoms with Gasteiger partial charge in [-0.1, -0.05) is 19.9 Å². The normalized spacial score (nSPS) is 10.6. The van der Waals surface area contributed by atoms with Gasteiger partial charge in [0.25, 0.3) is 0 Å². The molecular weight excluding hydrogens is 174 g/mol. The molecule has 14 heavy (non-hydrogen) atoms. The molecule has 0 aliphatic carbocycles. The molecule has 0 heterocycles. The fourth-order valence-corrected chi connectivity index (χ4v) is 1.20. The first-order chi connectivity index (χ1) is 6.59. The molecule has 0 aromatic heterocycles. The van der Waals surface area contributed by atoms with Gasteiger partial charge in [0.05, 0.1) is 12.3 Å². The summed E-state index contributed by atoms with van der Waals surface area (Å²) in [5.74, 6) is 1.47. The molecule has 0 unspecified atom stereocenters. The first-order valence-electron chi connectivity index (χ1n) is 5.08. The van der Waals surface area contributed by atoms with Crippen molar-refractivity contribution in [2.75, 3.05) is 12.3 Å². The highest BCUT2D eigenvalue weighted by Gasteiger charge is 2.00. The molecule has 2 nitrogen and oxygen atoms in total. The summed E-state index contributed by atoms with van der Waals surface area (Å²) >= 11 is 0. The van der Waals surface area contributed by atoms with Crippen LogP contribution in [0.25, 0.3) is 0 Å². The molecule has 2 heteroatoms. The third-order valence-electron chi connectivity index (χ3n) is 2.12. The van der Waals surface area contributed by atoms with Crippen molar-refractivity contribution in [1.29, 1.82) is 0 Å². The number of hydrogen-bond donors (Lipinski definition) is 1. The van der Waals surface area contributed by atoms with Gasteiger partial charge in [0.15, 0.2) is 0 Å². The highest BCUT2D eigenvalue weighted by Crippen LogP contribution is 2.22. The lowest BCUT2D eigenvalue weighted by Gasteiger charge is -2.10. The van der Waals surface area contributed by atoms with Crippen LogP contribution in [0.2, 0.25) is 0 Å². The lowest BCUT2D eigenvalue weighted by molar-refractivity contribution is 0.291. The zero-order valence-electron chi connectivity index (χ0n) is 9.21. The van der Waals surface area contributed by atoms with Gasteiger partial charge in [-0.25, -0.2) is 0 Å². The Bertz CT molecular complexity index is 294. The van der Waals surface area contributed by atoms with E-state index in [0.29, 0.717) is 5.92 Å². The van der Waals surface area contributed by atoms with Crippen molar-refractivity contribution in [3.8, 4) is 5.75 Å². The van der Waals surface area contributed by atoms with Gasteiger partial charge in [-0.15, -0.1) is 0 Å².